The number of ether oxygens (including phenoxy) is 1. The van der Waals surface area contributed by atoms with Gasteiger partial charge in [-0.25, -0.2) is 0 Å². The normalized spacial score (nSPS) is 11.7. The van der Waals surface area contributed by atoms with Crippen LogP contribution in [0.25, 0.3) is 6.08 Å². The molecule has 130 valence electrons. The lowest BCUT2D eigenvalue weighted by atomic mass is 9.92. The summed E-state index contributed by atoms with van der Waals surface area (Å²) < 4.78 is 4.25. The van der Waals surface area contributed by atoms with Crippen LogP contribution in [0.4, 0.5) is 0 Å². The van der Waals surface area contributed by atoms with Crippen molar-refractivity contribution >= 4 is 18.3 Å². The summed E-state index contributed by atoms with van der Waals surface area (Å²) in [6, 6.07) is 9.28. The molecule has 0 aliphatic rings. The van der Waals surface area contributed by atoms with E-state index in [1.807, 2.05) is 6.07 Å². The molecular formula is C19H25NO4. The summed E-state index contributed by atoms with van der Waals surface area (Å²) in [6.45, 7) is 1.70. The predicted octanol–water partition coefficient (Wildman–Crippen LogP) is 3.80. The number of hydrogen-bond acceptors (Lipinski definition) is 4. The highest BCUT2D eigenvalue weighted by Gasteiger charge is 2.19. The quantitative estimate of drug-likeness (QED) is 0.445. The number of methoxy groups -OCH3 is 1. The van der Waals surface area contributed by atoms with Gasteiger partial charge in [-0.15, -0.1) is 0 Å². The van der Waals surface area contributed by atoms with Gasteiger partial charge in [0.1, 0.15) is 6.29 Å². The van der Waals surface area contributed by atoms with Crippen LogP contribution in [0, 0.1) is 11.3 Å². The molecular weight excluding hydrogens is 306 g/mol. The second-order valence-electron chi connectivity index (χ2n) is 5.38. The summed E-state index contributed by atoms with van der Waals surface area (Å²) in [6.07, 6.45) is 4.88. The molecule has 0 saturated heterocycles. The molecule has 0 aliphatic heterocycles. The Kier molecular flexibility index (Phi) is 11.7. The molecule has 0 bridgehead atoms. The van der Waals surface area contributed by atoms with E-state index < -0.39 is 11.9 Å². The number of carbonyl (C=O) groups is 2. The van der Waals surface area contributed by atoms with Crippen LogP contribution in [0.15, 0.2) is 29.8 Å². The fourth-order valence-electron chi connectivity index (χ4n) is 2.15. The SMILES string of the molecule is C/C(C=O)=C\c1cccc(C(CCCCC#N)C(=O)O)c1.COC. The second-order valence-corrected chi connectivity index (χ2v) is 5.38. The Morgan fingerprint density at radius 2 is 2.04 bits per heavy atom. The van der Waals surface area contributed by atoms with Crippen molar-refractivity contribution in [1.29, 1.82) is 5.26 Å². The van der Waals surface area contributed by atoms with Gasteiger partial charge in [-0.2, -0.15) is 5.26 Å². The third-order valence-electron chi connectivity index (χ3n) is 3.22. The maximum atomic E-state index is 11.4. The molecule has 0 spiro atoms. The first kappa shape index (κ1) is 21.6. The molecule has 0 radical (unpaired) electrons. The Balaban J connectivity index is 0.00000163. The number of aliphatic carboxylic acids is 1. The van der Waals surface area contributed by atoms with Gasteiger partial charge in [0.2, 0.25) is 0 Å². The van der Waals surface area contributed by atoms with Crippen molar-refractivity contribution in [3.8, 4) is 6.07 Å². The number of allylic oxidation sites excluding steroid dienone is 1. The number of carboxylic acids is 1. The van der Waals surface area contributed by atoms with Crippen molar-refractivity contribution in [3.05, 3.63) is 41.0 Å². The highest BCUT2D eigenvalue weighted by atomic mass is 16.4. The average Bonchev–Trinajstić information content (AvgIpc) is 2.55. The monoisotopic (exact) mass is 331 g/mol. The number of benzene rings is 1. The molecule has 5 heteroatoms. The Morgan fingerprint density at radius 1 is 1.38 bits per heavy atom. The first-order chi connectivity index (χ1) is 11.5. The van der Waals surface area contributed by atoms with E-state index in [4.69, 9.17) is 5.26 Å². The molecule has 1 rings (SSSR count). The van der Waals surface area contributed by atoms with Crippen molar-refractivity contribution in [1.82, 2.24) is 0 Å². The summed E-state index contributed by atoms with van der Waals surface area (Å²) in [7, 11) is 3.25. The van der Waals surface area contributed by atoms with E-state index in [1.165, 1.54) is 0 Å². The third kappa shape index (κ3) is 8.86. The standard InChI is InChI=1S/C17H19NO3.C2H6O/c1-13(12-19)10-14-6-5-7-15(11-14)16(17(20)21)8-3-2-4-9-18;1-3-2/h5-7,10-12,16H,2-4,8H2,1H3,(H,20,21);1-2H3/b13-10+;. The summed E-state index contributed by atoms with van der Waals surface area (Å²) in [5.74, 6) is -1.44. The lowest BCUT2D eigenvalue weighted by Gasteiger charge is -2.13. The smallest absolute Gasteiger partial charge is 0.310 e. The van der Waals surface area contributed by atoms with Gasteiger partial charge >= 0.3 is 5.97 Å². The first-order valence-electron chi connectivity index (χ1n) is 7.73. The maximum absolute atomic E-state index is 11.4. The van der Waals surface area contributed by atoms with E-state index in [0.717, 1.165) is 17.4 Å². The largest absolute Gasteiger partial charge is 0.481 e. The Labute approximate surface area is 143 Å². The fourth-order valence-corrected chi connectivity index (χ4v) is 2.15. The van der Waals surface area contributed by atoms with Gasteiger partial charge in [0.15, 0.2) is 0 Å². The molecule has 1 unspecified atom stereocenters. The average molecular weight is 331 g/mol. The van der Waals surface area contributed by atoms with Crippen LogP contribution in [0.1, 0.15) is 49.7 Å². The lowest BCUT2D eigenvalue weighted by Crippen LogP contribution is -2.11. The van der Waals surface area contributed by atoms with Gasteiger partial charge < -0.3 is 9.84 Å². The molecule has 0 heterocycles. The number of nitriles is 1. The van der Waals surface area contributed by atoms with E-state index in [9.17, 15) is 14.7 Å². The van der Waals surface area contributed by atoms with E-state index in [1.54, 1.807) is 45.4 Å². The molecule has 1 N–H and O–H groups in total. The topological polar surface area (TPSA) is 87.4 Å². The number of carbonyl (C=O) groups excluding carboxylic acids is 1. The number of nitrogens with zero attached hydrogens (tertiary/aromatic N) is 1. The number of carboxylic acid groups (broad SMARTS) is 1. The summed E-state index contributed by atoms with van der Waals surface area (Å²) in [5.41, 5.74) is 2.14. The number of aldehydes is 1. The van der Waals surface area contributed by atoms with E-state index in [0.29, 0.717) is 31.3 Å². The Morgan fingerprint density at radius 3 is 2.58 bits per heavy atom. The van der Waals surface area contributed by atoms with Crippen LogP contribution >= 0.6 is 0 Å². The lowest BCUT2D eigenvalue weighted by molar-refractivity contribution is -0.139. The number of hydrogen-bond donors (Lipinski definition) is 1. The van der Waals surface area contributed by atoms with Crippen molar-refractivity contribution in [3.63, 3.8) is 0 Å². The second kappa shape index (κ2) is 13.0. The molecule has 0 amide bonds. The first-order valence-corrected chi connectivity index (χ1v) is 7.73. The molecule has 1 atom stereocenters. The third-order valence-corrected chi connectivity index (χ3v) is 3.22. The van der Waals surface area contributed by atoms with Gasteiger partial charge in [-0.1, -0.05) is 30.7 Å². The molecule has 5 nitrogen and oxygen atoms in total. The van der Waals surface area contributed by atoms with E-state index >= 15 is 0 Å². The van der Waals surface area contributed by atoms with Gasteiger partial charge in [0.25, 0.3) is 0 Å². The Bertz CT molecular complexity index is 587. The molecule has 0 fully saturated rings. The number of unbranched alkanes of at least 4 members (excludes halogenated alkanes) is 2. The minimum absolute atomic E-state index is 0.452. The highest BCUT2D eigenvalue weighted by molar-refractivity contribution is 5.81. The van der Waals surface area contributed by atoms with Crippen molar-refractivity contribution < 1.29 is 19.4 Å². The van der Waals surface area contributed by atoms with Crippen molar-refractivity contribution in [2.45, 2.75) is 38.5 Å². The fraction of sp³-hybridized carbons (Fsp3) is 0.421. The maximum Gasteiger partial charge on any atom is 0.310 e. The number of rotatable bonds is 8. The molecule has 0 aromatic heterocycles. The van der Waals surface area contributed by atoms with Crippen LogP contribution < -0.4 is 0 Å². The summed E-state index contributed by atoms with van der Waals surface area (Å²) in [4.78, 5) is 22.1. The predicted molar refractivity (Wildman–Crippen MR) is 93.5 cm³/mol. The van der Waals surface area contributed by atoms with Crippen LogP contribution in [-0.2, 0) is 14.3 Å². The Hall–Kier alpha value is -2.45. The van der Waals surface area contributed by atoms with Gasteiger partial charge in [0, 0.05) is 20.6 Å². The zero-order valence-corrected chi connectivity index (χ0v) is 14.5. The van der Waals surface area contributed by atoms with Crippen LogP contribution in [0.5, 0.6) is 0 Å². The summed E-state index contributed by atoms with van der Waals surface area (Å²) >= 11 is 0. The molecule has 0 aliphatic carbocycles. The molecule has 24 heavy (non-hydrogen) atoms. The summed E-state index contributed by atoms with van der Waals surface area (Å²) in [5, 5.41) is 17.9. The molecule has 1 aromatic rings. The minimum Gasteiger partial charge on any atom is -0.481 e. The zero-order valence-electron chi connectivity index (χ0n) is 14.5. The van der Waals surface area contributed by atoms with Crippen LogP contribution in [0.2, 0.25) is 0 Å². The van der Waals surface area contributed by atoms with Gasteiger partial charge in [-0.3, -0.25) is 9.59 Å². The van der Waals surface area contributed by atoms with Crippen molar-refractivity contribution in [2.24, 2.45) is 0 Å². The van der Waals surface area contributed by atoms with Gasteiger partial charge in [-0.05, 0) is 42.5 Å². The molecule has 0 saturated carbocycles. The minimum atomic E-state index is -0.861. The highest BCUT2D eigenvalue weighted by Crippen LogP contribution is 2.24. The van der Waals surface area contributed by atoms with E-state index in [-0.39, 0.29) is 0 Å². The van der Waals surface area contributed by atoms with E-state index in [2.05, 4.69) is 10.8 Å². The van der Waals surface area contributed by atoms with Crippen molar-refractivity contribution in [2.75, 3.05) is 14.2 Å². The van der Waals surface area contributed by atoms with Crippen LogP contribution in [-0.4, -0.2) is 31.6 Å². The van der Waals surface area contributed by atoms with Gasteiger partial charge in [0.05, 0.1) is 12.0 Å². The molecule has 1 aromatic carbocycles. The van der Waals surface area contributed by atoms with Crippen LogP contribution in [0.3, 0.4) is 0 Å². The zero-order chi connectivity index (χ0) is 18.4.